The Morgan fingerprint density at radius 2 is 2.44 bits per heavy atom. The summed E-state index contributed by atoms with van der Waals surface area (Å²) in [5, 5.41) is 6.07. The van der Waals surface area contributed by atoms with E-state index in [-0.39, 0.29) is 17.9 Å². The zero-order valence-electron chi connectivity index (χ0n) is 10.8. The molecule has 1 fully saturated rings. The van der Waals surface area contributed by atoms with Crippen LogP contribution >= 0.6 is 0 Å². The molecular formula is C13H19N3O2. The van der Waals surface area contributed by atoms with Gasteiger partial charge in [-0.25, -0.2) is 4.98 Å². The topological polar surface area (TPSA) is 63.2 Å². The van der Waals surface area contributed by atoms with Crippen LogP contribution in [0.2, 0.25) is 0 Å². The molecule has 18 heavy (non-hydrogen) atoms. The molecule has 0 spiro atoms. The third-order valence-corrected chi connectivity index (χ3v) is 2.81. The van der Waals surface area contributed by atoms with E-state index >= 15 is 0 Å². The van der Waals surface area contributed by atoms with Crippen molar-refractivity contribution in [3.8, 4) is 5.88 Å². The number of hydrogen-bond acceptors (Lipinski definition) is 4. The maximum atomic E-state index is 12.0. The van der Waals surface area contributed by atoms with Crippen molar-refractivity contribution in [1.82, 2.24) is 10.3 Å². The Balaban J connectivity index is 2.05. The number of rotatable bonds is 4. The van der Waals surface area contributed by atoms with E-state index in [2.05, 4.69) is 15.6 Å². The maximum Gasteiger partial charge on any atom is 0.238 e. The minimum atomic E-state index is 0.0293. The van der Waals surface area contributed by atoms with Crippen molar-refractivity contribution in [2.24, 2.45) is 5.92 Å². The number of aromatic nitrogens is 1. The smallest absolute Gasteiger partial charge is 0.238 e. The molecule has 1 amide bonds. The van der Waals surface area contributed by atoms with Gasteiger partial charge in [-0.05, 0) is 38.9 Å². The number of nitrogens with one attached hydrogen (secondary N) is 2. The van der Waals surface area contributed by atoms with Gasteiger partial charge in [-0.2, -0.15) is 0 Å². The Morgan fingerprint density at radius 3 is 3.11 bits per heavy atom. The second kappa shape index (κ2) is 5.82. The van der Waals surface area contributed by atoms with Crippen LogP contribution in [0.25, 0.3) is 0 Å². The minimum absolute atomic E-state index is 0.0293. The summed E-state index contributed by atoms with van der Waals surface area (Å²) in [6.07, 6.45) is 2.57. The van der Waals surface area contributed by atoms with E-state index < -0.39 is 0 Å². The fourth-order valence-electron chi connectivity index (χ4n) is 1.92. The molecule has 0 saturated carbocycles. The molecule has 0 aliphatic carbocycles. The zero-order chi connectivity index (χ0) is 13.0. The van der Waals surface area contributed by atoms with E-state index in [0.29, 0.717) is 11.6 Å². The molecule has 1 aromatic rings. The van der Waals surface area contributed by atoms with E-state index in [1.54, 1.807) is 12.3 Å². The summed E-state index contributed by atoms with van der Waals surface area (Å²) in [4.78, 5) is 16.2. The quantitative estimate of drug-likeness (QED) is 0.847. The number of carbonyl (C=O) groups excluding carboxylic acids is 1. The van der Waals surface area contributed by atoms with Crippen LogP contribution in [0.5, 0.6) is 5.88 Å². The van der Waals surface area contributed by atoms with Crippen molar-refractivity contribution >= 4 is 11.6 Å². The van der Waals surface area contributed by atoms with E-state index in [0.717, 1.165) is 19.5 Å². The molecule has 98 valence electrons. The molecule has 0 bridgehead atoms. The molecule has 5 nitrogen and oxygen atoms in total. The van der Waals surface area contributed by atoms with Crippen LogP contribution in [-0.4, -0.2) is 30.1 Å². The van der Waals surface area contributed by atoms with Crippen molar-refractivity contribution < 1.29 is 9.53 Å². The van der Waals surface area contributed by atoms with Gasteiger partial charge in [-0.15, -0.1) is 0 Å². The Kier molecular flexibility index (Phi) is 4.15. The van der Waals surface area contributed by atoms with Gasteiger partial charge < -0.3 is 15.4 Å². The standard InChI is InChI=1S/C13H19N3O2/c1-9(2)18-13-11(4-3-6-15-13)16-12(17)10-5-7-14-8-10/h3-4,6,9-10,14H,5,7-8H2,1-2H3,(H,16,17). The minimum Gasteiger partial charge on any atom is -0.473 e. The van der Waals surface area contributed by atoms with Gasteiger partial charge in [0.05, 0.1) is 12.0 Å². The predicted molar refractivity (Wildman–Crippen MR) is 69.6 cm³/mol. The molecule has 1 aliphatic heterocycles. The van der Waals surface area contributed by atoms with Gasteiger partial charge >= 0.3 is 0 Å². The van der Waals surface area contributed by atoms with Crippen molar-refractivity contribution in [3.05, 3.63) is 18.3 Å². The lowest BCUT2D eigenvalue weighted by Gasteiger charge is -2.15. The fourth-order valence-corrected chi connectivity index (χ4v) is 1.92. The highest BCUT2D eigenvalue weighted by molar-refractivity contribution is 5.93. The number of amides is 1. The summed E-state index contributed by atoms with van der Waals surface area (Å²) in [5.41, 5.74) is 0.642. The Bertz CT molecular complexity index is 414. The fraction of sp³-hybridized carbons (Fsp3) is 0.538. The van der Waals surface area contributed by atoms with Crippen LogP contribution < -0.4 is 15.4 Å². The van der Waals surface area contributed by atoms with Crippen molar-refractivity contribution in [1.29, 1.82) is 0 Å². The highest BCUT2D eigenvalue weighted by Gasteiger charge is 2.23. The summed E-state index contributed by atoms with van der Waals surface area (Å²) in [6, 6.07) is 3.60. The first kappa shape index (κ1) is 12.8. The molecule has 1 atom stereocenters. The maximum absolute atomic E-state index is 12.0. The van der Waals surface area contributed by atoms with Gasteiger partial charge in [0, 0.05) is 12.7 Å². The van der Waals surface area contributed by atoms with E-state index in [1.807, 2.05) is 19.9 Å². The number of carbonyl (C=O) groups is 1. The third-order valence-electron chi connectivity index (χ3n) is 2.81. The van der Waals surface area contributed by atoms with E-state index in [1.165, 1.54) is 0 Å². The lowest BCUT2D eigenvalue weighted by Crippen LogP contribution is -2.25. The van der Waals surface area contributed by atoms with Gasteiger partial charge in [0.1, 0.15) is 5.69 Å². The van der Waals surface area contributed by atoms with Crippen LogP contribution in [0.4, 0.5) is 5.69 Å². The average molecular weight is 249 g/mol. The Hall–Kier alpha value is -1.62. The molecular weight excluding hydrogens is 230 g/mol. The van der Waals surface area contributed by atoms with Crippen molar-refractivity contribution in [2.45, 2.75) is 26.4 Å². The highest BCUT2D eigenvalue weighted by atomic mass is 16.5. The molecule has 1 saturated heterocycles. The third kappa shape index (κ3) is 3.20. The summed E-state index contributed by atoms with van der Waals surface area (Å²) in [6.45, 7) is 5.51. The van der Waals surface area contributed by atoms with Gasteiger partial charge in [0.2, 0.25) is 11.8 Å². The average Bonchev–Trinajstić information content (AvgIpc) is 2.84. The van der Waals surface area contributed by atoms with Gasteiger partial charge in [0.15, 0.2) is 0 Å². The molecule has 1 aliphatic rings. The van der Waals surface area contributed by atoms with Crippen LogP contribution in [0.15, 0.2) is 18.3 Å². The van der Waals surface area contributed by atoms with E-state index in [4.69, 9.17) is 4.74 Å². The molecule has 5 heteroatoms. The molecule has 1 aromatic heterocycles. The number of ether oxygens (including phenoxy) is 1. The summed E-state index contributed by atoms with van der Waals surface area (Å²) < 4.78 is 5.57. The summed E-state index contributed by atoms with van der Waals surface area (Å²) in [5.74, 6) is 0.547. The SMILES string of the molecule is CC(C)Oc1ncccc1NC(=O)C1CCNC1. The summed E-state index contributed by atoms with van der Waals surface area (Å²) in [7, 11) is 0. The number of pyridine rings is 1. The van der Waals surface area contributed by atoms with Crippen molar-refractivity contribution in [2.75, 3.05) is 18.4 Å². The van der Waals surface area contributed by atoms with Gasteiger partial charge in [0.25, 0.3) is 0 Å². The van der Waals surface area contributed by atoms with Gasteiger partial charge in [-0.1, -0.05) is 0 Å². The summed E-state index contributed by atoms with van der Waals surface area (Å²) >= 11 is 0. The largest absolute Gasteiger partial charge is 0.473 e. The van der Waals surface area contributed by atoms with Crippen LogP contribution in [0.3, 0.4) is 0 Å². The second-order valence-corrected chi connectivity index (χ2v) is 4.70. The first-order valence-corrected chi connectivity index (χ1v) is 6.30. The number of hydrogen-bond donors (Lipinski definition) is 2. The van der Waals surface area contributed by atoms with Crippen LogP contribution in [-0.2, 0) is 4.79 Å². The molecule has 0 radical (unpaired) electrons. The number of nitrogens with zero attached hydrogens (tertiary/aromatic N) is 1. The highest BCUT2D eigenvalue weighted by Crippen LogP contribution is 2.23. The normalized spacial score (nSPS) is 18.9. The lowest BCUT2D eigenvalue weighted by molar-refractivity contribution is -0.119. The first-order chi connectivity index (χ1) is 8.66. The Morgan fingerprint density at radius 1 is 1.61 bits per heavy atom. The Labute approximate surface area is 107 Å². The van der Waals surface area contributed by atoms with Crippen LogP contribution in [0, 0.1) is 5.92 Å². The lowest BCUT2D eigenvalue weighted by atomic mass is 10.1. The molecule has 1 unspecified atom stereocenters. The molecule has 0 aromatic carbocycles. The van der Waals surface area contributed by atoms with Gasteiger partial charge in [-0.3, -0.25) is 4.79 Å². The molecule has 2 N–H and O–H groups in total. The van der Waals surface area contributed by atoms with E-state index in [9.17, 15) is 4.79 Å². The molecule has 2 heterocycles. The predicted octanol–water partition coefficient (Wildman–Crippen LogP) is 1.42. The monoisotopic (exact) mass is 249 g/mol. The van der Waals surface area contributed by atoms with Crippen LogP contribution in [0.1, 0.15) is 20.3 Å². The molecule has 2 rings (SSSR count). The number of anilines is 1. The zero-order valence-corrected chi connectivity index (χ0v) is 10.8. The second-order valence-electron chi connectivity index (χ2n) is 4.70. The first-order valence-electron chi connectivity index (χ1n) is 6.30. The van der Waals surface area contributed by atoms with Crippen molar-refractivity contribution in [3.63, 3.8) is 0 Å².